The number of amides is 2. The number of nitrogens with one attached hydrogen (secondary N) is 1. The summed E-state index contributed by atoms with van der Waals surface area (Å²) in [5.74, 6) is 0.646. The van der Waals surface area contributed by atoms with E-state index >= 15 is 0 Å². The Morgan fingerprint density at radius 2 is 1.91 bits per heavy atom. The summed E-state index contributed by atoms with van der Waals surface area (Å²) in [4.78, 5) is 26.2. The Labute approximate surface area is 137 Å². The molecule has 23 heavy (non-hydrogen) atoms. The van der Waals surface area contributed by atoms with Gasteiger partial charge in [0.15, 0.2) is 0 Å². The number of rotatable bonds is 7. The lowest BCUT2D eigenvalue weighted by molar-refractivity contribution is -0.133. The van der Waals surface area contributed by atoms with Crippen molar-refractivity contribution in [3.05, 3.63) is 35.9 Å². The van der Waals surface area contributed by atoms with Gasteiger partial charge in [-0.15, -0.1) is 0 Å². The van der Waals surface area contributed by atoms with Crippen molar-refractivity contribution in [2.45, 2.75) is 51.3 Å². The second-order valence-electron chi connectivity index (χ2n) is 6.53. The minimum Gasteiger partial charge on any atom is -0.445 e. The van der Waals surface area contributed by atoms with Gasteiger partial charge in [0.1, 0.15) is 13.2 Å². The van der Waals surface area contributed by atoms with Crippen LogP contribution in [-0.2, 0) is 16.1 Å². The molecular weight excluding hydrogens is 292 g/mol. The molecule has 0 saturated heterocycles. The van der Waals surface area contributed by atoms with E-state index < -0.39 is 6.09 Å². The van der Waals surface area contributed by atoms with Crippen molar-refractivity contribution >= 4 is 12.0 Å². The smallest absolute Gasteiger partial charge is 0.407 e. The van der Waals surface area contributed by atoms with Crippen LogP contribution in [0.3, 0.4) is 0 Å². The summed E-state index contributed by atoms with van der Waals surface area (Å²) in [6, 6.07) is 10.2. The zero-order valence-corrected chi connectivity index (χ0v) is 13.5. The Balaban J connectivity index is 1.43. The fourth-order valence-electron chi connectivity index (χ4n) is 2.93. The molecule has 1 aromatic carbocycles. The number of carbonyl (C=O) groups excluding carboxylic acids is 2. The van der Waals surface area contributed by atoms with Crippen LogP contribution >= 0.6 is 0 Å². The molecule has 5 nitrogen and oxygen atoms in total. The van der Waals surface area contributed by atoms with Crippen LogP contribution in [0.25, 0.3) is 0 Å². The third-order valence-corrected chi connectivity index (χ3v) is 4.57. The number of hydrogen-bond donors (Lipinski definition) is 1. The maximum atomic E-state index is 12.4. The molecule has 2 saturated carbocycles. The highest BCUT2D eigenvalue weighted by atomic mass is 16.5. The van der Waals surface area contributed by atoms with Crippen molar-refractivity contribution < 1.29 is 14.3 Å². The van der Waals surface area contributed by atoms with Crippen LogP contribution in [0.4, 0.5) is 4.79 Å². The first-order chi connectivity index (χ1) is 11.1. The number of carbonyl (C=O) groups is 2. The van der Waals surface area contributed by atoms with E-state index in [1.54, 1.807) is 0 Å². The van der Waals surface area contributed by atoms with Gasteiger partial charge >= 0.3 is 6.09 Å². The fourth-order valence-corrected chi connectivity index (χ4v) is 2.93. The van der Waals surface area contributed by atoms with Gasteiger partial charge in [-0.25, -0.2) is 4.79 Å². The lowest BCUT2D eigenvalue weighted by Crippen LogP contribution is -2.46. The molecule has 5 heteroatoms. The number of benzene rings is 1. The molecule has 2 aliphatic rings. The summed E-state index contributed by atoms with van der Waals surface area (Å²) in [5.41, 5.74) is 0.927. The van der Waals surface area contributed by atoms with Gasteiger partial charge in [0, 0.05) is 12.1 Å². The van der Waals surface area contributed by atoms with Crippen LogP contribution in [0.5, 0.6) is 0 Å². The SMILES string of the molecule is C[C@H](C1CC1)N(C(=O)CNC(=O)OCc1ccccc1)C1CC1. The summed E-state index contributed by atoms with van der Waals surface area (Å²) in [6.07, 6.45) is 4.05. The van der Waals surface area contributed by atoms with Crippen LogP contribution < -0.4 is 5.32 Å². The average molecular weight is 316 g/mol. The highest BCUT2D eigenvalue weighted by Gasteiger charge is 2.41. The molecular formula is C18H24N2O3. The van der Waals surface area contributed by atoms with Crippen LogP contribution in [0.1, 0.15) is 38.2 Å². The van der Waals surface area contributed by atoms with Crippen molar-refractivity contribution in [2.75, 3.05) is 6.54 Å². The number of ether oxygens (including phenoxy) is 1. The monoisotopic (exact) mass is 316 g/mol. The molecule has 0 spiro atoms. The van der Waals surface area contributed by atoms with E-state index in [9.17, 15) is 9.59 Å². The maximum absolute atomic E-state index is 12.4. The molecule has 2 amide bonds. The fraction of sp³-hybridized carbons (Fsp3) is 0.556. The predicted octanol–water partition coefficient (Wildman–Crippen LogP) is 2.70. The summed E-state index contributed by atoms with van der Waals surface area (Å²) < 4.78 is 5.13. The highest BCUT2D eigenvalue weighted by Crippen LogP contribution is 2.39. The number of alkyl carbamates (subject to hydrolysis) is 1. The Morgan fingerprint density at radius 3 is 2.52 bits per heavy atom. The maximum Gasteiger partial charge on any atom is 0.407 e. The molecule has 0 bridgehead atoms. The van der Waals surface area contributed by atoms with Crippen LogP contribution in [0, 0.1) is 5.92 Å². The van der Waals surface area contributed by atoms with Crippen molar-refractivity contribution in [1.82, 2.24) is 10.2 Å². The van der Waals surface area contributed by atoms with Crippen LogP contribution in [-0.4, -0.2) is 35.5 Å². The first kappa shape index (κ1) is 15.8. The van der Waals surface area contributed by atoms with Crippen LogP contribution in [0.2, 0.25) is 0 Å². The topological polar surface area (TPSA) is 58.6 Å². The molecule has 1 atom stereocenters. The van der Waals surface area contributed by atoms with Crippen molar-refractivity contribution in [3.63, 3.8) is 0 Å². The summed E-state index contributed by atoms with van der Waals surface area (Å²) in [6.45, 7) is 2.36. The van der Waals surface area contributed by atoms with E-state index in [-0.39, 0.29) is 25.1 Å². The largest absolute Gasteiger partial charge is 0.445 e. The Kier molecular flexibility index (Phi) is 4.84. The van der Waals surface area contributed by atoms with E-state index in [0.717, 1.165) is 18.4 Å². The Bertz CT molecular complexity index is 553. The molecule has 2 fully saturated rings. The van der Waals surface area contributed by atoms with Gasteiger partial charge in [0.05, 0.1) is 0 Å². The first-order valence-corrected chi connectivity index (χ1v) is 8.41. The Morgan fingerprint density at radius 1 is 1.22 bits per heavy atom. The zero-order chi connectivity index (χ0) is 16.2. The minimum absolute atomic E-state index is 0.00330. The van der Waals surface area contributed by atoms with Gasteiger partial charge in [-0.3, -0.25) is 4.79 Å². The van der Waals surface area contributed by atoms with Gasteiger partial charge < -0.3 is 15.0 Å². The molecule has 124 valence electrons. The Hall–Kier alpha value is -2.04. The lowest BCUT2D eigenvalue weighted by atomic mass is 10.1. The van der Waals surface area contributed by atoms with E-state index in [1.165, 1.54) is 12.8 Å². The summed E-state index contributed by atoms with van der Waals surface area (Å²) in [5, 5.41) is 2.58. The van der Waals surface area contributed by atoms with E-state index in [1.807, 2.05) is 35.2 Å². The van der Waals surface area contributed by atoms with Gasteiger partial charge in [-0.1, -0.05) is 30.3 Å². The normalized spacial score (nSPS) is 18.1. The predicted molar refractivity (Wildman–Crippen MR) is 86.7 cm³/mol. The standard InChI is InChI=1S/C18H24N2O3/c1-13(15-7-8-15)20(16-9-10-16)17(21)11-19-18(22)23-12-14-5-3-2-4-6-14/h2-6,13,15-16H,7-12H2,1H3,(H,19,22)/t13-/m1/s1. The summed E-state index contributed by atoms with van der Waals surface area (Å²) in [7, 11) is 0. The third-order valence-electron chi connectivity index (χ3n) is 4.57. The van der Waals surface area contributed by atoms with Crippen molar-refractivity contribution in [1.29, 1.82) is 0 Å². The molecule has 0 unspecified atom stereocenters. The van der Waals surface area contributed by atoms with Gasteiger partial charge in [-0.2, -0.15) is 0 Å². The average Bonchev–Trinajstić information content (AvgIpc) is 3.44. The second-order valence-corrected chi connectivity index (χ2v) is 6.53. The third kappa shape index (κ3) is 4.47. The quantitative estimate of drug-likeness (QED) is 0.841. The van der Waals surface area contributed by atoms with Gasteiger partial charge in [0.25, 0.3) is 0 Å². The van der Waals surface area contributed by atoms with Gasteiger partial charge in [0.2, 0.25) is 5.91 Å². The minimum atomic E-state index is -0.544. The molecule has 0 aliphatic heterocycles. The molecule has 3 rings (SSSR count). The van der Waals surface area contributed by atoms with E-state index in [0.29, 0.717) is 12.0 Å². The second kappa shape index (κ2) is 7.02. The molecule has 0 radical (unpaired) electrons. The zero-order valence-electron chi connectivity index (χ0n) is 13.5. The van der Waals surface area contributed by atoms with E-state index in [2.05, 4.69) is 12.2 Å². The highest BCUT2D eigenvalue weighted by molar-refractivity contribution is 5.83. The molecule has 1 N–H and O–H groups in total. The van der Waals surface area contributed by atoms with Gasteiger partial charge in [-0.05, 0) is 44.1 Å². The van der Waals surface area contributed by atoms with Crippen molar-refractivity contribution in [2.24, 2.45) is 5.92 Å². The molecule has 0 aromatic heterocycles. The number of nitrogens with zero attached hydrogens (tertiary/aromatic N) is 1. The molecule has 2 aliphatic carbocycles. The molecule has 1 aromatic rings. The van der Waals surface area contributed by atoms with Crippen molar-refractivity contribution in [3.8, 4) is 0 Å². The summed E-state index contributed by atoms with van der Waals surface area (Å²) >= 11 is 0. The first-order valence-electron chi connectivity index (χ1n) is 8.41. The van der Waals surface area contributed by atoms with E-state index in [4.69, 9.17) is 4.74 Å². The number of hydrogen-bond acceptors (Lipinski definition) is 3. The molecule has 0 heterocycles. The lowest BCUT2D eigenvalue weighted by Gasteiger charge is -2.29. The van der Waals surface area contributed by atoms with Crippen LogP contribution in [0.15, 0.2) is 30.3 Å².